The van der Waals surface area contributed by atoms with Crippen LogP contribution in [0.3, 0.4) is 0 Å². The highest BCUT2D eigenvalue weighted by molar-refractivity contribution is 7.93. The molecule has 3 heterocycles. The van der Waals surface area contributed by atoms with Crippen molar-refractivity contribution in [2.24, 2.45) is 0 Å². The van der Waals surface area contributed by atoms with Gasteiger partial charge in [-0.1, -0.05) is 0 Å². The Kier molecular flexibility index (Phi) is 3.59. The highest BCUT2D eigenvalue weighted by Crippen LogP contribution is 2.28. The standard InChI is InChI=1S/C11H13N5O2S3/c1-3-12-8-9(16-4-5-19-11(16)14-8)21(17,18)15-10-13-6-7(2)20-10/h4-6,12H,3H2,1-2H3,(H,13,15). The molecule has 0 radical (unpaired) electrons. The summed E-state index contributed by atoms with van der Waals surface area (Å²) in [4.78, 5) is 9.91. The number of thiazole rings is 2. The van der Waals surface area contributed by atoms with Gasteiger partial charge in [-0.2, -0.15) is 8.42 Å². The summed E-state index contributed by atoms with van der Waals surface area (Å²) in [6.07, 6.45) is 3.32. The van der Waals surface area contributed by atoms with Crippen molar-refractivity contribution in [2.45, 2.75) is 18.9 Å². The average molecular weight is 343 g/mol. The highest BCUT2D eigenvalue weighted by Gasteiger charge is 2.26. The molecule has 0 saturated carbocycles. The zero-order valence-corrected chi connectivity index (χ0v) is 13.8. The van der Waals surface area contributed by atoms with Crippen LogP contribution in [-0.4, -0.2) is 29.3 Å². The van der Waals surface area contributed by atoms with Gasteiger partial charge in [0, 0.05) is 29.2 Å². The molecule has 0 amide bonds. The molecule has 3 rings (SSSR count). The van der Waals surface area contributed by atoms with Crippen molar-refractivity contribution in [3.63, 3.8) is 0 Å². The Morgan fingerprint density at radius 1 is 1.43 bits per heavy atom. The summed E-state index contributed by atoms with van der Waals surface area (Å²) in [5.41, 5.74) is 0. The van der Waals surface area contributed by atoms with Gasteiger partial charge >= 0.3 is 0 Å². The van der Waals surface area contributed by atoms with E-state index in [0.29, 0.717) is 22.5 Å². The Labute approximate surface area is 129 Å². The van der Waals surface area contributed by atoms with Crippen LogP contribution in [0.1, 0.15) is 11.8 Å². The molecule has 10 heteroatoms. The number of sulfonamides is 1. The zero-order chi connectivity index (χ0) is 15.0. The Hall–Kier alpha value is -1.65. The summed E-state index contributed by atoms with van der Waals surface area (Å²) < 4.78 is 29.3. The fraction of sp³-hybridized carbons (Fsp3) is 0.273. The van der Waals surface area contributed by atoms with Gasteiger partial charge in [-0.25, -0.2) is 9.97 Å². The third-order valence-corrected chi connectivity index (χ3v) is 5.74. The minimum absolute atomic E-state index is 0.105. The van der Waals surface area contributed by atoms with Crippen LogP contribution in [0.15, 0.2) is 22.8 Å². The van der Waals surface area contributed by atoms with E-state index >= 15 is 0 Å². The Bertz CT molecular complexity index is 877. The minimum Gasteiger partial charge on any atom is -0.368 e. The fourth-order valence-electron chi connectivity index (χ4n) is 1.87. The molecule has 112 valence electrons. The van der Waals surface area contributed by atoms with Crippen LogP contribution < -0.4 is 10.0 Å². The van der Waals surface area contributed by atoms with Crippen LogP contribution in [0.25, 0.3) is 4.96 Å². The maximum atomic E-state index is 12.6. The van der Waals surface area contributed by atoms with Crippen molar-refractivity contribution in [1.82, 2.24) is 14.4 Å². The first-order chi connectivity index (χ1) is 10.0. The van der Waals surface area contributed by atoms with Crippen LogP contribution in [-0.2, 0) is 10.0 Å². The molecular weight excluding hydrogens is 330 g/mol. The smallest absolute Gasteiger partial charge is 0.283 e. The maximum absolute atomic E-state index is 12.6. The molecule has 0 saturated heterocycles. The Morgan fingerprint density at radius 3 is 2.90 bits per heavy atom. The van der Waals surface area contributed by atoms with Gasteiger partial charge in [-0.05, 0) is 13.8 Å². The summed E-state index contributed by atoms with van der Waals surface area (Å²) in [5, 5.41) is 5.24. The molecule has 3 aromatic heterocycles. The molecule has 0 fully saturated rings. The number of aromatic nitrogens is 3. The third kappa shape index (κ3) is 2.61. The quantitative estimate of drug-likeness (QED) is 0.742. The molecule has 0 atom stereocenters. The highest BCUT2D eigenvalue weighted by atomic mass is 32.2. The minimum atomic E-state index is -3.76. The van der Waals surface area contributed by atoms with Crippen molar-refractivity contribution in [3.05, 3.63) is 22.7 Å². The molecule has 3 aromatic rings. The summed E-state index contributed by atoms with van der Waals surface area (Å²) in [6, 6.07) is 0. The second-order valence-corrected chi connectivity index (χ2v) is 7.94. The molecule has 0 spiro atoms. The third-order valence-electron chi connectivity index (χ3n) is 2.66. The Morgan fingerprint density at radius 2 is 2.24 bits per heavy atom. The van der Waals surface area contributed by atoms with Gasteiger partial charge in [0.25, 0.3) is 10.0 Å². The van der Waals surface area contributed by atoms with Crippen molar-refractivity contribution in [1.29, 1.82) is 0 Å². The summed E-state index contributed by atoms with van der Waals surface area (Å²) >= 11 is 2.67. The lowest BCUT2D eigenvalue weighted by Crippen LogP contribution is -2.16. The van der Waals surface area contributed by atoms with Crippen molar-refractivity contribution < 1.29 is 8.42 Å². The second-order valence-electron chi connectivity index (χ2n) is 4.23. The predicted octanol–water partition coefficient (Wildman–Crippen LogP) is 2.39. The van der Waals surface area contributed by atoms with Gasteiger partial charge in [-0.15, -0.1) is 22.7 Å². The lowest BCUT2D eigenvalue weighted by molar-refractivity contribution is 0.597. The predicted molar refractivity (Wildman–Crippen MR) is 84.9 cm³/mol. The number of nitrogens with one attached hydrogen (secondary N) is 2. The summed E-state index contributed by atoms with van der Waals surface area (Å²) in [6.45, 7) is 4.35. The van der Waals surface area contributed by atoms with E-state index in [0.717, 1.165) is 4.88 Å². The van der Waals surface area contributed by atoms with Gasteiger partial charge in [0.2, 0.25) is 5.03 Å². The summed E-state index contributed by atoms with van der Waals surface area (Å²) in [5.74, 6) is 0.352. The monoisotopic (exact) mass is 343 g/mol. The number of anilines is 2. The van der Waals surface area contributed by atoms with Gasteiger partial charge in [0.05, 0.1) is 0 Å². The molecule has 0 unspecified atom stereocenters. The van der Waals surface area contributed by atoms with E-state index in [1.54, 1.807) is 22.2 Å². The van der Waals surface area contributed by atoms with Gasteiger partial charge in [0.15, 0.2) is 15.9 Å². The molecule has 0 aliphatic heterocycles. The second kappa shape index (κ2) is 5.28. The van der Waals surface area contributed by atoms with E-state index < -0.39 is 10.0 Å². The van der Waals surface area contributed by atoms with Crippen LogP contribution in [0.4, 0.5) is 10.9 Å². The van der Waals surface area contributed by atoms with E-state index in [1.807, 2.05) is 13.8 Å². The number of hydrogen-bond acceptors (Lipinski definition) is 7. The molecule has 7 nitrogen and oxygen atoms in total. The summed E-state index contributed by atoms with van der Waals surface area (Å²) in [7, 11) is -3.76. The molecule has 2 N–H and O–H groups in total. The van der Waals surface area contributed by atoms with E-state index in [2.05, 4.69) is 20.0 Å². The molecule has 0 aliphatic rings. The van der Waals surface area contributed by atoms with Gasteiger partial charge in [-0.3, -0.25) is 9.12 Å². The van der Waals surface area contributed by atoms with Crippen LogP contribution in [0, 0.1) is 6.92 Å². The van der Waals surface area contributed by atoms with Crippen LogP contribution >= 0.6 is 22.7 Å². The molecule has 0 aliphatic carbocycles. The van der Waals surface area contributed by atoms with Crippen molar-refractivity contribution >= 4 is 48.6 Å². The number of imidazole rings is 1. The molecule has 0 aromatic carbocycles. The van der Waals surface area contributed by atoms with Crippen LogP contribution in [0.5, 0.6) is 0 Å². The van der Waals surface area contributed by atoms with Gasteiger partial charge in [0.1, 0.15) is 0 Å². The number of aryl methyl sites for hydroxylation is 1. The van der Waals surface area contributed by atoms with Crippen LogP contribution in [0.2, 0.25) is 0 Å². The first-order valence-electron chi connectivity index (χ1n) is 6.16. The molecule has 21 heavy (non-hydrogen) atoms. The number of nitrogens with zero attached hydrogens (tertiary/aromatic N) is 3. The van der Waals surface area contributed by atoms with Crippen molar-refractivity contribution in [2.75, 3.05) is 16.6 Å². The topological polar surface area (TPSA) is 88.4 Å². The Balaban J connectivity index is 2.08. The van der Waals surface area contributed by atoms with E-state index in [9.17, 15) is 8.42 Å². The number of fused-ring (bicyclic) bond motifs is 1. The maximum Gasteiger partial charge on any atom is 0.283 e. The fourth-order valence-corrected chi connectivity index (χ4v) is 4.81. The lowest BCUT2D eigenvalue weighted by atomic mass is 10.6. The van der Waals surface area contributed by atoms with Gasteiger partial charge < -0.3 is 5.32 Å². The molecule has 0 bridgehead atoms. The number of hydrogen-bond donors (Lipinski definition) is 2. The first-order valence-corrected chi connectivity index (χ1v) is 9.34. The normalized spacial score (nSPS) is 11.9. The van der Waals surface area contributed by atoms with Crippen molar-refractivity contribution in [3.8, 4) is 0 Å². The van der Waals surface area contributed by atoms with E-state index in [1.165, 1.54) is 22.7 Å². The first kappa shape index (κ1) is 14.3. The van der Waals surface area contributed by atoms with E-state index in [-0.39, 0.29) is 5.03 Å². The van der Waals surface area contributed by atoms with E-state index in [4.69, 9.17) is 0 Å². The SMILES string of the molecule is CCNc1nc2sccn2c1S(=O)(=O)Nc1ncc(C)s1. The zero-order valence-electron chi connectivity index (χ0n) is 11.3. The largest absolute Gasteiger partial charge is 0.368 e. The lowest BCUT2D eigenvalue weighted by Gasteiger charge is -2.07. The number of rotatable bonds is 5. The average Bonchev–Trinajstić information content (AvgIpc) is 3.05. The molecular formula is C11H13N5O2S3.